The number of rotatable bonds is 5. The summed E-state index contributed by atoms with van der Waals surface area (Å²) in [4.78, 5) is 3.74. The van der Waals surface area contributed by atoms with Crippen LogP contribution in [0.2, 0.25) is 0 Å². The average molecular weight is 347 g/mol. The van der Waals surface area contributed by atoms with Crippen molar-refractivity contribution in [2.45, 2.75) is 30.8 Å². The fraction of sp³-hybridized carbons (Fsp3) is 0.312. The highest BCUT2D eigenvalue weighted by molar-refractivity contribution is 9.08. The Hall–Kier alpha value is -1.31. The van der Waals surface area contributed by atoms with Crippen LogP contribution < -0.4 is 4.90 Å². The van der Waals surface area contributed by atoms with Gasteiger partial charge in [0.1, 0.15) is 6.07 Å². The van der Waals surface area contributed by atoms with Crippen LogP contribution in [0.1, 0.15) is 28.8 Å². The molecule has 0 bridgehead atoms. The lowest BCUT2D eigenvalue weighted by molar-refractivity contribution is 0.802. The first-order valence-corrected chi connectivity index (χ1v) is 8.70. The molecule has 0 spiro atoms. The normalized spacial score (nSPS) is 14.0. The maximum Gasteiger partial charge on any atom is 0.101 e. The second-order valence-electron chi connectivity index (χ2n) is 5.04. The Bertz CT molecular complexity index is 626. The van der Waals surface area contributed by atoms with Crippen molar-refractivity contribution >= 4 is 33.0 Å². The van der Waals surface area contributed by atoms with Crippen LogP contribution in [0.4, 0.5) is 5.69 Å². The average Bonchev–Trinajstić information content (AvgIpc) is 3.21. The largest absolute Gasteiger partial charge is 0.362 e. The highest BCUT2D eigenvalue weighted by Crippen LogP contribution is 2.35. The molecule has 1 fully saturated rings. The van der Waals surface area contributed by atoms with Gasteiger partial charge >= 0.3 is 0 Å². The molecular formula is C16H15BrN2S. The quantitative estimate of drug-likeness (QED) is 0.734. The van der Waals surface area contributed by atoms with Crippen molar-refractivity contribution in [1.82, 2.24) is 0 Å². The van der Waals surface area contributed by atoms with Crippen LogP contribution >= 0.6 is 27.3 Å². The molecule has 2 aromatic rings. The topological polar surface area (TPSA) is 27.0 Å². The predicted octanol–water partition coefficient (Wildman–Crippen LogP) is 4.68. The van der Waals surface area contributed by atoms with Crippen LogP contribution in [-0.4, -0.2) is 6.04 Å². The third-order valence-corrected chi connectivity index (χ3v) is 5.05. The number of hydrogen-bond acceptors (Lipinski definition) is 3. The van der Waals surface area contributed by atoms with E-state index in [9.17, 15) is 5.26 Å². The molecular weight excluding hydrogens is 332 g/mol. The highest BCUT2D eigenvalue weighted by atomic mass is 79.9. The van der Waals surface area contributed by atoms with Gasteiger partial charge in [0, 0.05) is 16.2 Å². The van der Waals surface area contributed by atoms with Crippen LogP contribution in [-0.2, 0) is 11.9 Å². The Morgan fingerprint density at radius 1 is 1.35 bits per heavy atom. The molecule has 1 heterocycles. The van der Waals surface area contributed by atoms with Crippen molar-refractivity contribution < 1.29 is 0 Å². The van der Waals surface area contributed by atoms with E-state index in [1.54, 1.807) is 11.3 Å². The minimum Gasteiger partial charge on any atom is -0.362 e. The zero-order valence-electron chi connectivity index (χ0n) is 11.1. The minimum absolute atomic E-state index is 0.596. The molecule has 0 aliphatic heterocycles. The number of alkyl halides is 1. The lowest BCUT2D eigenvalue weighted by Gasteiger charge is -2.25. The Morgan fingerprint density at radius 2 is 2.20 bits per heavy atom. The van der Waals surface area contributed by atoms with Crippen molar-refractivity contribution in [2.24, 2.45) is 0 Å². The third-order valence-electron chi connectivity index (χ3n) is 3.54. The van der Waals surface area contributed by atoms with Gasteiger partial charge < -0.3 is 4.90 Å². The summed E-state index contributed by atoms with van der Waals surface area (Å²) in [6, 6.07) is 13.4. The second kappa shape index (κ2) is 5.99. The lowest BCUT2D eigenvalue weighted by atomic mass is 10.1. The monoisotopic (exact) mass is 346 g/mol. The molecule has 0 saturated heterocycles. The molecule has 1 aromatic heterocycles. The van der Waals surface area contributed by atoms with Crippen LogP contribution in [0.5, 0.6) is 0 Å². The molecule has 0 N–H and O–H groups in total. The van der Waals surface area contributed by atoms with Crippen LogP contribution in [0.3, 0.4) is 0 Å². The fourth-order valence-electron chi connectivity index (χ4n) is 2.37. The molecule has 1 aliphatic rings. The van der Waals surface area contributed by atoms with Gasteiger partial charge in [-0.3, -0.25) is 0 Å². The SMILES string of the molecule is N#Cc1cc(CBr)ccc1N(Cc1cccs1)C1CC1. The summed E-state index contributed by atoms with van der Waals surface area (Å²) in [7, 11) is 0. The lowest BCUT2D eigenvalue weighted by Crippen LogP contribution is -2.25. The van der Waals surface area contributed by atoms with Gasteiger partial charge in [-0.25, -0.2) is 0 Å². The van der Waals surface area contributed by atoms with E-state index in [2.05, 4.69) is 56.5 Å². The molecule has 20 heavy (non-hydrogen) atoms. The van der Waals surface area contributed by atoms with Gasteiger partial charge in [-0.15, -0.1) is 11.3 Å². The zero-order chi connectivity index (χ0) is 13.9. The van der Waals surface area contributed by atoms with Crippen LogP contribution in [0.25, 0.3) is 0 Å². The molecule has 0 unspecified atom stereocenters. The van der Waals surface area contributed by atoms with E-state index in [0.717, 1.165) is 28.7 Å². The number of nitrogens with zero attached hydrogens (tertiary/aromatic N) is 2. The molecule has 3 rings (SSSR count). The van der Waals surface area contributed by atoms with Gasteiger partial charge in [0.25, 0.3) is 0 Å². The smallest absolute Gasteiger partial charge is 0.101 e. The summed E-state index contributed by atoms with van der Waals surface area (Å²) >= 11 is 5.23. The van der Waals surface area contributed by atoms with E-state index in [1.807, 2.05) is 6.07 Å². The van der Waals surface area contributed by atoms with E-state index >= 15 is 0 Å². The zero-order valence-corrected chi connectivity index (χ0v) is 13.5. The third kappa shape index (κ3) is 2.89. The Kier molecular flexibility index (Phi) is 4.09. The van der Waals surface area contributed by atoms with E-state index in [4.69, 9.17) is 0 Å². The van der Waals surface area contributed by atoms with Gasteiger partial charge in [-0.1, -0.05) is 28.1 Å². The van der Waals surface area contributed by atoms with Crippen molar-refractivity contribution in [2.75, 3.05) is 4.90 Å². The molecule has 0 atom stereocenters. The molecule has 4 heteroatoms. The van der Waals surface area contributed by atoms with Gasteiger partial charge in [-0.2, -0.15) is 5.26 Å². The maximum atomic E-state index is 9.43. The van der Waals surface area contributed by atoms with E-state index in [0.29, 0.717) is 6.04 Å². The fourth-order valence-corrected chi connectivity index (χ4v) is 3.43. The number of halogens is 1. The maximum absolute atomic E-state index is 9.43. The molecule has 2 nitrogen and oxygen atoms in total. The summed E-state index contributed by atoms with van der Waals surface area (Å²) < 4.78 is 0. The standard InChI is InChI=1S/C16H15BrN2S/c17-9-12-3-6-16(13(8-12)10-18)19(14-4-5-14)11-15-2-1-7-20-15/h1-3,6-8,14H,4-5,9,11H2. The molecule has 102 valence electrons. The van der Waals surface area contributed by atoms with Crippen molar-refractivity contribution in [3.63, 3.8) is 0 Å². The number of benzene rings is 1. The predicted molar refractivity (Wildman–Crippen MR) is 87.3 cm³/mol. The molecule has 1 saturated carbocycles. The second-order valence-corrected chi connectivity index (χ2v) is 6.63. The summed E-state index contributed by atoms with van der Waals surface area (Å²) in [5, 5.41) is 12.3. The number of hydrogen-bond donors (Lipinski definition) is 0. The Labute approximate surface area is 131 Å². The first kappa shape index (κ1) is 13.7. The minimum atomic E-state index is 0.596. The van der Waals surface area contributed by atoms with Crippen LogP contribution in [0, 0.1) is 11.3 Å². The first-order valence-electron chi connectivity index (χ1n) is 6.70. The Morgan fingerprint density at radius 3 is 2.80 bits per heavy atom. The summed E-state index contributed by atoms with van der Waals surface area (Å²) in [6.45, 7) is 0.907. The molecule has 1 aromatic carbocycles. The van der Waals surface area contributed by atoms with Crippen molar-refractivity contribution in [3.05, 3.63) is 51.7 Å². The van der Waals surface area contributed by atoms with Gasteiger partial charge in [0.15, 0.2) is 0 Å². The van der Waals surface area contributed by atoms with E-state index in [1.165, 1.54) is 17.7 Å². The van der Waals surface area contributed by atoms with Crippen molar-refractivity contribution in [3.8, 4) is 6.07 Å². The summed E-state index contributed by atoms with van der Waals surface area (Å²) in [5.41, 5.74) is 3.01. The molecule has 0 amide bonds. The number of nitriles is 1. The van der Waals surface area contributed by atoms with Crippen molar-refractivity contribution in [1.29, 1.82) is 5.26 Å². The summed E-state index contributed by atoms with van der Waals surface area (Å²) in [5.74, 6) is 0. The van der Waals surface area contributed by atoms with Crippen LogP contribution in [0.15, 0.2) is 35.7 Å². The summed E-state index contributed by atoms with van der Waals surface area (Å²) in [6.07, 6.45) is 2.47. The van der Waals surface area contributed by atoms with E-state index < -0.39 is 0 Å². The number of thiophene rings is 1. The van der Waals surface area contributed by atoms with Gasteiger partial charge in [-0.05, 0) is 42.0 Å². The molecule has 1 aliphatic carbocycles. The van der Waals surface area contributed by atoms with Gasteiger partial charge in [0.2, 0.25) is 0 Å². The van der Waals surface area contributed by atoms with Gasteiger partial charge in [0.05, 0.1) is 17.8 Å². The Balaban J connectivity index is 1.93. The molecule has 0 radical (unpaired) electrons. The first-order chi connectivity index (χ1) is 9.81. The highest BCUT2D eigenvalue weighted by Gasteiger charge is 2.30. The number of anilines is 1. The van der Waals surface area contributed by atoms with E-state index in [-0.39, 0.29) is 0 Å².